The fourth-order valence-corrected chi connectivity index (χ4v) is 2.17. The van der Waals surface area contributed by atoms with Crippen molar-refractivity contribution in [3.63, 3.8) is 0 Å². The first kappa shape index (κ1) is 13.1. The van der Waals surface area contributed by atoms with Gasteiger partial charge in [-0.3, -0.25) is 0 Å². The summed E-state index contributed by atoms with van der Waals surface area (Å²) in [7, 11) is 0. The fourth-order valence-electron chi connectivity index (χ4n) is 1.96. The molecular formula is C13H13ClFN5. The van der Waals surface area contributed by atoms with E-state index in [1.54, 1.807) is 12.3 Å². The van der Waals surface area contributed by atoms with Crippen LogP contribution in [0.15, 0.2) is 18.3 Å². The van der Waals surface area contributed by atoms with E-state index in [9.17, 15) is 4.39 Å². The van der Waals surface area contributed by atoms with Crippen LogP contribution >= 0.6 is 11.6 Å². The molecule has 20 heavy (non-hydrogen) atoms. The van der Waals surface area contributed by atoms with Gasteiger partial charge >= 0.3 is 0 Å². The largest absolute Gasteiger partial charge is 0.360 e. The molecule has 0 spiro atoms. The van der Waals surface area contributed by atoms with Crippen molar-refractivity contribution in [1.29, 1.82) is 0 Å². The number of aromatic nitrogens is 5. The monoisotopic (exact) mass is 293 g/mol. The minimum atomic E-state index is -0.546. The van der Waals surface area contributed by atoms with E-state index >= 15 is 0 Å². The van der Waals surface area contributed by atoms with Crippen LogP contribution in [0.1, 0.15) is 20.8 Å². The third-order valence-electron chi connectivity index (χ3n) is 2.98. The molecule has 2 heterocycles. The number of benzene rings is 1. The molecule has 0 unspecified atom stereocenters. The van der Waals surface area contributed by atoms with E-state index in [-0.39, 0.29) is 21.9 Å². The Bertz CT molecular complexity index is 784. The highest BCUT2D eigenvalue weighted by Crippen LogP contribution is 2.33. The highest BCUT2D eigenvalue weighted by atomic mass is 35.5. The number of aromatic amines is 1. The van der Waals surface area contributed by atoms with Crippen molar-refractivity contribution in [3.8, 4) is 11.4 Å². The standard InChI is InChI=1S/C13H13ClFN5/c1-13(2,3)20-18-12(17-19-20)9-10(15)8(14)6-7-4-5-16-11(7)9/h4-6,16H,1-3H3. The van der Waals surface area contributed by atoms with E-state index in [4.69, 9.17) is 11.6 Å². The van der Waals surface area contributed by atoms with Crippen LogP contribution < -0.4 is 0 Å². The average Bonchev–Trinajstić information content (AvgIpc) is 2.98. The van der Waals surface area contributed by atoms with Crippen LogP contribution in [0.4, 0.5) is 4.39 Å². The molecular weight excluding hydrogens is 281 g/mol. The SMILES string of the molecule is CC(C)(C)n1nnc(-c2c(F)c(Cl)cc3cc[nH]c23)n1. The highest BCUT2D eigenvalue weighted by Gasteiger charge is 2.22. The lowest BCUT2D eigenvalue weighted by molar-refractivity contribution is 0.306. The van der Waals surface area contributed by atoms with Gasteiger partial charge in [-0.05, 0) is 38.1 Å². The number of fused-ring (bicyclic) bond motifs is 1. The number of halogens is 2. The molecule has 0 fully saturated rings. The van der Waals surface area contributed by atoms with Crippen molar-refractivity contribution in [3.05, 3.63) is 29.2 Å². The zero-order chi connectivity index (χ0) is 14.5. The molecule has 5 nitrogen and oxygen atoms in total. The van der Waals surface area contributed by atoms with E-state index < -0.39 is 5.82 Å². The minimum absolute atomic E-state index is 0.0409. The first-order valence-corrected chi connectivity index (χ1v) is 6.51. The maximum atomic E-state index is 14.3. The molecule has 3 rings (SSSR count). The lowest BCUT2D eigenvalue weighted by atomic mass is 10.1. The number of rotatable bonds is 1. The van der Waals surface area contributed by atoms with Gasteiger partial charge in [0, 0.05) is 11.6 Å². The maximum absolute atomic E-state index is 14.3. The molecule has 0 saturated carbocycles. The summed E-state index contributed by atoms with van der Waals surface area (Å²) in [6.45, 7) is 5.82. The molecule has 3 aromatic rings. The quantitative estimate of drug-likeness (QED) is 0.748. The summed E-state index contributed by atoms with van der Waals surface area (Å²) in [5, 5.41) is 13.0. The van der Waals surface area contributed by atoms with Gasteiger partial charge in [-0.2, -0.15) is 4.80 Å². The molecule has 104 valence electrons. The van der Waals surface area contributed by atoms with Gasteiger partial charge in [-0.15, -0.1) is 10.2 Å². The second kappa shape index (κ2) is 4.28. The maximum Gasteiger partial charge on any atom is 0.210 e. The number of nitrogens with zero attached hydrogens (tertiary/aromatic N) is 4. The van der Waals surface area contributed by atoms with Crippen LogP contribution in [0.5, 0.6) is 0 Å². The van der Waals surface area contributed by atoms with Crippen molar-refractivity contribution in [1.82, 2.24) is 25.2 Å². The molecule has 0 radical (unpaired) electrons. The van der Waals surface area contributed by atoms with Crippen molar-refractivity contribution < 1.29 is 4.39 Å². The number of nitrogens with one attached hydrogen (secondary N) is 1. The van der Waals surface area contributed by atoms with Crippen LogP contribution in [-0.4, -0.2) is 25.2 Å². The highest BCUT2D eigenvalue weighted by molar-refractivity contribution is 6.32. The molecule has 0 amide bonds. The van der Waals surface area contributed by atoms with Crippen LogP contribution in [-0.2, 0) is 5.54 Å². The number of H-pyrrole nitrogens is 1. The molecule has 0 aliphatic carbocycles. The Balaban J connectivity index is 2.26. The van der Waals surface area contributed by atoms with Crippen molar-refractivity contribution in [2.75, 3.05) is 0 Å². The predicted octanol–water partition coefficient (Wildman–Crippen LogP) is 3.37. The van der Waals surface area contributed by atoms with Crippen molar-refractivity contribution in [2.24, 2.45) is 0 Å². The van der Waals surface area contributed by atoms with Gasteiger partial charge in [0.25, 0.3) is 0 Å². The molecule has 1 N–H and O–H groups in total. The van der Waals surface area contributed by atoms with Gasteiger partial charge in [0.2, 0.25) is 5.82 Å². The topological polar surface area (TPSA) is 59.4 Å². The van der Waals surface area contributed by atoms with Crippen LogP contribution in [0, 0.1) is 5.82 Å². The van der Waals surface area contributed by atoms with Gasteiger partial charge in [0.05, 0.1) is 21.6 Å². The van der Waals surface area contributed by atoms with E-state index in [2.05, 4.69) is 20.4 Å². The van der Waals surface area contributed by atoms with Gasteiger partial charge in [0.1, 0.15) is 0 Å². The van der Waals surface area contributed by atoms with Crippen molar-refractivity contribution in [2.45, 2.75) is 26.3 Å². The van der Waals surface area contributed by atoms with Crippen LogP contribution in [0.3, 0.4) is 0 Å². The number of tetrazole rings is 1. The Hall–Kier alpha value is -1.95. The Morgan fingerprint density at radius 2 is 2.10 bits per heavy atom. The Morgan fingerprint density at radius 1 is 1.35 bits per heavy atom. The molecule has 1 aromatic carbocycles. The van der Waals surface area contributed by atoms with E-state index in [1.165, 1.54) is 4.80 Å². The molecule has 0 atom stereocenters. The summed E-state index contributed by atoms with van der Waals surface area (Å²) in [4.78, 5) is 4.44. The number of hydrogen-bond donors (Lipinski definition) is 1. The summed E-state index contributed by atoms with van der Waals surface area (Å²) in [5.41, 5.74) is 0.531. The summed E-state index contributed by atoms with van der Waals surface area (Å²) < 4.78 is 14.3. The zero-order valence-corrected chi connectivity index (χ0v) is 12.0. The van der Waals surface area contributed by atoms with Gasteiger partial charge in [0.15, 0.2) is 5.82 Å². The Kier molecular flexibility index (Phi) is 2.79. The van der Waals surface area contributed by atoms with Gasteiger partial charge in [-0.1, -0.05) is 11.6 Å². The summed E-state index contributed by atoms with van der Waals surface area (Å²) in [6.07, 6.45) is 1.72. The van der Waals surface area contributed by atoms with Gasteiger partial charge < -0.3 is 4.98 Å². The summed E-state index contributed by atoms with van der Waals surface area (Å²) in [6, 6.07) is 3.39. The molecule has 0 saturated heterocycles. The Morgan fingerprint density at radius 3 is 2.75 bits per heavy atom. The van der Waals surface area contributed by atoms with Gasteiger partial charge in [-0.25, -0.2) is 4.39 Å². The molecule has 7 heteroatoms. The predicted molar refractivity (Wildman–Crippen MR) is 75.1 cm³/mol. The summed E-state index contributed by atoms with van der Waals surface area (Å²) in [5.74, 6) is -0.331. The second-order valence-electron chi connectivity index (χ2n) is 5.56. The van der Waals surface area contributed by atoms with Crippen LogP contribution in [0.2, 0.25) is 5.02 Å². The van der Waals surface area contributed by atoms with E-state index in [0.29, 0.717) is 5.52 Å². The molecule has 0 aliphatic heterocycles. The minimum Gasteiger partial charge on any atom is -0.360 e. The van der Waals surface area contributed by atoms with Crippen LogP contribution in [0.25, 0.3) is 22.3 Å². The second-order valence-corrected chi connectivity index (χ2v) is 5.97. The Labute approximate surface area is 119 Å². The third-order valence-corrected chi connectivity index (χ3v) is 3.25. The summed E-state index contributed by atoms with van der Waals surface area (Å²) >= 11 is 5.92. The lowest BCUT2D eigenvalue weighted by Gasteiger charge is -2.15. The first-order valence-electron chi connectivity index (χ1n) is 6.14. The smallest absolute Gasteiger partial charge is 0.210 e. The lowest BCUT2D eigenvalue weighted by Crippen LogP contribution is -2.24. The number of hydrogen-bond acceptors (Lipinski definition) is 3. The van der Waals surface area contributed by atoms with E-state index in [0.717, 1.165) is 5.39 Å². The fraction of sp³-hybridized carbons (Fsp3) is 0.308. The first-order chi connectivity index (χ1) is 9.38. The zero-order valence-electron chi connectivity index (χ0n) is 11.3. The third kappa shape index (κ3) is 1.96. The van der Waals surface area contributed by atoms with Crippen molar-refractivity contribution >= 4 is 22.5 Å². The molecule has 0 aliphatic rings. The normalized spacial score (nSPS) is 12.2. The molecule has 0 bridgehead atoms. The average molecular weight is 294 g/mol. The van der Waals surface area contributed by atoms with E-state index in [1.807, 2.05) is 26.8 Å². The molecule has 2 aromatic heterocycles.